The van der Waals surface area contributed by atoms with Gasteiger partial charge >= 0.3 is 25.7 Å². The average molecular weight is 1860 g/mol. The van der Waals surface area contributed by atoms with Gasteiger partial charge in [-0.2, -0.15) is 15.2 Å². The fourth-order valence-electron chi connectivity index (χ4n) is 17.1. The van der Waals surface area contributed by atoms with E-state index in [2.05, 4.69) is 76.4 Å². The normalized spacial score (nSPS) is 17.3. The summed E-state index contributed by atoms with van der Waals surface area (Å²) in [7, 11) is -2.35. The van der Waals surface area contributed by atoms with Gasteiger partial charge in [0.25, 0.3) is 20.0 Å². The number of phosphoric ester groups is 1. The van der Waals surface area contributed by atoms with Crippen molar-refractivity contribution in [2.45, 2.75) is 139 Å². The Kier molecular flexibility index (Phi) is 31.4. The van der Waals surface area contributed by atoms with Gasteiger partial charge in [-0.15, -0.1) is 0 Å². The molecule has 134 heavy (non-hydrogen) atoms. The van der Waals surface area contributed by atoms with Crippen LogP contribution >= 0.6 is 16.3 Å². The third-order valence-corrected chi connectivity index (χ3v) is 27.2. The van der Waals surface area contributed by atoms with Crippen molar-refractivity contribution in [1.29, 1.82) is 5.26 Å². The van der Waals surface area contributed by atoms with Crippen LogP contribution in [-0.4, -0.2) is 186 Å². The van der Waals surface area contributed by atoms with Gasteiger partial charge in [0, 0.05) is 88.0 Å². The van der Waals surface area contributed by atoms with E-state index >= 15 is 4.57 Å². The number of anilines is 2. The zero-order valence-corrected chi connectivity index (χ0v) is 76.7. The first-order valence-corrected chi connectivity index (χ1v) is 46.7. The number of benzene rings is 8. The molecule has 36 heteroatoms. The van der Waals surface area contributed by atoms with Gasteiger partial charge in [0.15, 0.2) is 11.2 Å². The third kappa shape index (κ3) is 22.3. The fraction of sp³-hybridized carbons (Fsp3) is 0.347. The molecule has 4 aliphatic rings. The molecular formula is C98H104N14O20P2. The minimum Gasteiger partial charge on any atom is -0.497 e. The molecule has 5 heterocycles. The third-order valence-electron chi connectivity index (χ3n) is 23.6. The molecule has 8 aromatic carbocycles. The largest absolute Gasteiger partial charge is 0.497 e. The molecule has 0 radical (unpaired) electrons. The minimum absolute atomic E-state index is 0.0131. The second kappa shape index (κ2) is 44.1. The zero-order chi connectivity index (χ0) is 94.0. The van der Waals surface area contributed by atoms with Gasteiger partial charge in [0.05, 0.1) is 59.0 Å². The Morgan fingerprint density at radius 1 is 0.649 bits per heavy atom. The maximum Gasteiger partial charge on any atom is 0.475 e. The molecular weight excluding hydrogens is 1760 g/mol. The van der Waals surface area contributed by atoms with Crippen molar-refractivity contribution in [2.24, 2.45) is 0 Å². The Bertz CT molecular complexity index is 6110. The quantitative estimate of drug-likeness (QED) is 0.0103. The van der Waals surface area contributed by atoms with Crippen LogP contribution in [0, 0.1) is 17.9 Å². The summed E-state index contributed by atoms with van der Waals surface area (Å²) in [5.41, 5.74) is 8.44. The maximum atomic E-state index is 16.1. The molecule has 34 nitrogen and oxygen atoms in total. The van der Waals surface area contributed by atoms with E-state index in [1.165, 1.54) is 32.6 Å². The number of nitriles is 1. The average Bonchev–Trinajstić information content (AvgIpc) is 0.757. The minimum atomic E-state index is -5.03. The molecule has 0 spiro atoms. The summed E-state index contributed by atoms with van der Waals surface area (Å²) in [5.74, 6) is -1.06. The summed E-state index contributed by atoms with van der Waals surface area (Å²) in [6.45, 7) is 14.3. The van der Waals surface area contributed by atoms with Crippen LogP contribution in [0.5, 0.6) is 11.5 Å². The lowest BCUT2D eigenvalue weighted by Gasteiger charge is -2.37. The number of nitrogens with zero attached hydrogens (tertiary/aromatic N) is 9. The topological polar surface area (TPSA) is 394 Å². The van der Waals surface area contributed by atoms with Gasteiger partial charge in [0.2, 0.25) is 24.3 Å². The van der Waals surface area contributed by atoms with Crippen LogP contribution < -0.4 is 42.0 Å². The molecule has 8 atom stereocenters. The van der Waals surface area contributed by atoms with Gasteiger partial charge in [-0.3, -0.25) is 52.2 Å². The summed E-state index contributed by atoms with van der Waals surface area (Å²) in [5, 5.41) is 20.6. The number of aromatic amines is 1. The van der Waals surface area contributed by atoms with Crippen molar-refractivity contribution in [3.63, 3.8) is 0 Å². The molecule has 5 unspecified atom stereocenters. The van der Waals surface area contributed by atoms with E-state index in [9.17, 15) is 38.8 Å². The van der Waals surface area contributed by atoms with E-state index in [4.69, 9.17) is 62.3 Å². The van der Waals surface area contributed by atoms with E-state index in [-0.39, 0.29) is 144 Å². The van der Waals surface area contributed by atoms with Crippen molar-refractivity contribution in [2.75, 3.05) is 91.2 Å². The van der Waals surface area contributed by atoms with E-state index in [0.717, 1.165) is 44.5 Å². The summed E-state index contributed by atoms with van der Waals surface area (Å²) in [6.07, 6.45) is -5.95. The SMILES string of the molecule is [C-]#[N+]CCOP(=O)(OC[C@H]1OC(n2ccc(NC(=O)CCCN(C)C(=O)OCC3c4ccccc4-c4ccccc43)nc2=O)CC1OP(OCCC#N)N(C(C)C)C(C)C)OC1C[C@H](n2cnc3c(=O)[nH]c(NC(=O)CCNC(=O)c4ccc(CNC(=O)OCC5c6ccccc6-c6ccccc65)cc4)nc32)O[C@@H]1COC(c1ccccc1)(c1ccc(OC)cc1)c1ccc(OC)cc1. The lowest BCUT2D eigenvalue weighted by Crippen LogP contribution is -2.38. The number of alkyl carbamates (subject to hydrolysis) is 1. The summed E-state index contributed by atoms with van der Waals surface area (Å²) in [6, 6.07) is 66.1. The Hall–Kier alpha value is -13.2. The number of carbonyl (C=O) groups is 5. The van der Waals surface area contributed by atoms with Crippen LogP contribution in [-0.2, 0) is 72.6 Å². The Morgan fingerprint density at radius 2 is 1.21 bits per heavy atom. The van der Waals surface area contributed by atoms with Gasteiger partial charge in [-0.05, 0) is 143 Å². The number of hydrogen-bond donors (Lipinski definition) is 5. The number of ether oxygens (including phenoxy) is 7. The molecule has 696 valence electrons. The fourth-order valence-corrected chi connectivity index (χ4v) is 20.3. The lowest BCUT2D eigenvalue weighted by atomic mass is 9.80. The summed E-state index contributed by atoms with van der Waals surface area (Å²) >= 11 is 0. The molecule has 0 saturated carbocycles. The molecule has 2 aliphatic heterocycles. The van der Waals surface area contributed by atoms with Gasteiger partial charge in [0.1, 0.15) is 73.5 Å². The number of methoxy groups -OCH3 is 2. The highest BCUT2D eigenvalue weighted by Gasteiger charge is 2.49. The standard InChI is InChI=1S/C98H104N14O20P2/c1-62(2)112(63(3)4)133(126-52-21-47-99)131-81-54-88(110-51-46-85(105-95(110)117)104-86(113)32-20-50-109(6)97(119)124-58-80-77-30-18-14-26-73(77)74-27-15-19-31-78(74)80)130-84(81)60-128-134(120,127-53-49-100-5)132-82-55-89(129-83(82)59-125-98(66-22-10-9-11-23-66,67-37-41-69(121-7)42-38-67)68-39-43-70(122-8)44-40-68)111-61-103-90-91(111)107-94(108-93(90)116)106-87(114)45-48-101-92(115)65-35-33-64(34-36-65)56-102-96(118)123-57-79-75-28-16-12-24-71(75)72-25-13-17-29-76(72)79/h9-19,22-31,33-44,46,51,61-63,79-84,88-89H,20-21,32,45,48-50,52-60H2,1-4,6-8H3,(H,101,115)(H,102,118)(H,104,105,113,117)(H2,106,107,108,114,116)/t81?,82?,83-,84-,88?,89-,133?,134?/m1/s1. The second-order valence-corrected chi connectivity index (χ2v) is 35.9. The Balaban J connectivity index is 0.649. The number of rotatable bonds is 42. The van der Waals surface area contributed by atoms with E-state index in [1.807, 2.05) is 160 Å². The van der Waals surface area contributed by atoms with Crippen LogP contribution in [0.2, 0.25) is 0 Å². The smallest absolute Gasteiger partial charge is 0.475 e. The Morgan fingerprint density at radius 3 is 1.79 bits per heavy atom. The molecule has 2 fully saturated rings. The highest BCUT2D eigenvalue weighted by Crippen LogP contribution is 2.56. The molecule has 3 aromatic heterocycles. The van der Waals surface area contributed by atoms with Gasteiger partial charge in [-0.25, -0.2) is 35.2 Å². The Labute approximate surface area is 775 Å². The molecule has 5 amide bonds. The zero-order valence-electron chi connectivity index (χ0n) is 75.0. The van der Waals surface area contributed by atoms with Crippen LogP contribution in [0.3, 0.4) is 0 Å². The number of aromatic nitrogens is 6. The van der Waals surface area contributed by atoms with Crippen LogP contribution in [0.4, 0.5) is 21.4 Å². The van der Waals surface area contributed by atoms with E-state index < -0.39 is 113 Å². The van der Waals surface area contributed by atoms with Crippen molar-refractivity contribution in [1.82, 2.24) is 49.3 Å². The molecule has 15 rings (SSSR count). The number of phosphoric acid groups is 1. The first-order chi connectivity index (χ1) is 65.0. The molecule has 11 aromatic rings. The molecule has 0 bridgehead atoms. The molecule has 5 N–H and O–H groups in total. The molecule has 2 aliphatic carbocycles. The van der Waals surface area contributed by atoms with Crippen LogP contribution in [0.25, 0.3) is 38.3 Å². The predicted molar refractivity (Wildman–Crippen MR) is 497 cm³/mol. The summed E-state index contributed by atoms with van der Waals surface area (Å²) < 4.78 is 97.5. The van der Waals surface area contributed by atoms with Crippen molar-refractivity contribution in [3.05, 3.63) is 301 Å². The maximum absolute atomic E-state index is 16.1. The highest BCUT2D eigenvalue weighted by atomic mass is 31.2. The van der Waals surface area contributed by atoms with E-state index in [0.29, 0.717) is 33.8 Å². The van der Waals surface area contributed by atoms with Crippen molar-refractivity contribution in [3.8, 4) is 39.8 Å². The number of fused-ring (bicyclic) bond motifs is 7. The van der Waals surface area contributed by atoms with Gasteiger partial charge < -0.3 is 67.9 Å². The van der Waals surface area contributed by atoms with E-state index in [1.54, 1.807) is 69.8 Å². The number of H-pyrrole nitrogens is 1. The molecule has 2 saturated heterocycles. The summed E-state index contributed by atoms with van der Waals surface area (Å²) in [4.78, 5) is 116. The number of amides is 5. The number of imidazole rings is 1. The van der Waals surface area contributed by atoms with Gasteiger partial charge in [-0.1, -0.05) is 164 Å². The van der Waals surface area contributed by atoms with Crippen LogP contribution in [0.1, 0.15) is 145 Å². The second-order valence-electron chi connectivity index (χ2n) is 32.9. The van der Waals surface area contributed by atoms with Crippen molar-refractivity contribution >= 4 is 69.2 Å². The van der Waals surface area contributed by atoms with Crippen molar-refractivity contribution < 1.29 is 84.3 Å². The highest BCUT2D eigenvalue weighted by molar-refractivity contribution is 7.48. The predicted octanol–water partition coefficient (Wildman–Crippen LogP) is 15.5. The first-order valence-electron chi connectivity index (χ1n) is 44.2. The van der Waals surface area contributed by atoms with Crippen LogP contribution in [0.15, 0.2) is 228 Å². The monoisotopic (exact) mass is 1860 g/mol. The lowest BCUT2D eigenvalue weighted by molar-refractivity contribution is -0.117. The number of hydrogen-bond acceptors (Lipinski definition) is 25. The number of carbonyl (C=O) groups excluding carboxylic acids is 5. The first kappa shape index (κ1) is 95.4. The number of nitrogens with one attached hydrogen (secondary N) is 5.